The molecule has 0 aliphatic heterocycles. The van der Waals surface area contributed by atoms with Crippen LogP contribution in [0.1, 0.15) is 51.9 Å². The van der Waals surface area contributed by atoms with Crippen LogP contribution in [0.3, 0.4) is 0 Å². The Labute approximate surface area is 92.3 Å². The van der Waals surface area contributed by atoms with Crippen LogP contribution in [-0.2, 0) is 4.79 Å². The Bertz CT molecular complexity index is 188. The van der Waals surface area contributed by atoms with Gasteiger partial charge < -0.3 is 10.4 Å². The van der Waals surface area contributed by atoms with Crippen molar-refractivity contribution < 1.29 is 9.90 Å². The van der Waals surface area contributed by atoms with Crippen molar-refractivity contribution in [3.05, 3.63) is 0 Å². The van der Waals surface area contributed by atoms with Crippen LogP contribution in [0.15, 0.2) is 0 Å². The average Bonchev–Trinajstić information content (AvgIpc) is 2.25. The zero-order valence-corrected chi connectivity index (χ0v) is 9.67. The lowest BCUT2D eigenvalue weighted by Crippen LogP contribution is -2.34. The second kappa shape index (κ2) is 6.83. The van der Waals surface area contributed by atoms with Crippen LogP contribution < -0.4 is 5.32 Å². The highest BCUT2D eigenvalue weighted by Gasteiger charge is 2.13. The number of carboxylic acids is 1. The van der Waals surface area contributed by atoms with E-state index in [0.717, 1.165) is 13.0 Å². The second-order valence-electron chi connectivity index (χ2n) is 4.78. The summed E-state index contributed by atoms with van der Waals surface area (Å²) < 4.78 is 0. The number of carbonyl (C=O) groups is 1. The Morgan fingerprint density at radius 3 is 2.67 bits per heavy atom. The highest BCUT2D eigenvalue weighted by Crippen LogP contribution is 2.17. The molecule has 3 heteroatoms. The lowest BCUT2D eigenvalue weighted by atomic mass is 9.95. The van der Waals surface area contributed by atoms with Crippen molar-refractivity contribution in [3.8, 4) is 0 Å². The van der Waals surface area contributed by atoms with Crippen molar-refractivity contribution in [3.63, 3.8) is 0 Å². The van der Waals surface area contributed by atoms with Crippen molar-refractivity contribution in [1.29, 1.82) is 0 Å². The topological polar surface area (TPSA) is 49.3 Å². The Hall–Kier alpha value is -0.570. The maximum Gasteiger partial charge on any atom is 0.303 e. The van der Waals surface area contributed by atoms with Gasteiger partial charge in [0.05, 0.1) is 0 Å². The van der Waals surface area contributed by atoms with Crippen molar-refractivity contribution in [1.82, 2.24) is 5.32 Å². The zero-order chi connectivity index (χ0) is 11.1. The van der Waals surface area contributed by atoms with Gasteiger partial charge in [0, 0.05) is 12.5 Å². The molecule has 0 aromatic carbocycles. The normalized spacial score (nSPS) is 20.1. The molecular formula is C12H23NO2. The number of aliphatic carboxylic acids is 1. The minimum absolute atomic E-state index is 0.299. The van der Waals surface area contributed by atoms with E-state index < -0.39 is 5.97 Å². The molecule has 1 atom stereocenters. The summed E-state index contributed by atoms with van der Waals surface area (Å²) in [6.45, 7) is 3.09. The molecule has 3 nitrogen and oxygen atoms in total. The van der Waals surface area contributed by atoms with Crippen molar-refractivity contribution in [2.75, 3.05) is 6.54 Å². The summed E-state index contributed by atoms with van der Waals surface area (Å²) >= 11 is 0. The minimum atomic E-state index is -0.681. The maximum absolute atomic E-state index is 10.4. The van der Waals surface area contributed by atoms with E-state index in [0.29, 0.717) is 18.4 Å². The molecule has 1 fully saturated rings. The number of hydrogen-bond donors (Lipinski definition) is 2. The van der Waals surface area contributed by atoms with Crippen molar-refractivity contribution in [2.24, 2.45) is 5.92 Å². The van der Waals surface area contributed by atoms with E-state index in [9.17, 15) is 4.79 Å². The van der Waals surface area contributed by atoms with Crippen LogP contribution in [-0.4, -0.2) is 23.7 Å². The molecule has 1 saturated carbocycles. The number of nitrogens with one attached hydrogen (secondary N) is 1. The Morgan fingerprint density at radius 2 is 2.07 bits per heavy atom. The SMILES string of the molecule is CC(CCC(=O)O)CNC1CCCCC1. The molecule has 1 rings (SSSR count). The smallest absolute Gasteiger partial charge is 0.303 e. The number of hydrogen-bond acceptors (Lipinski definition) is 2. The van der Waals surface area contributed by atoms with Gasteiger partial charge in [-0.1, -0.05) is 26.2 Å². The van der Waals surface area contributed by atoms with E-state index in [1.54, 1.807) is 0 Å². The molecule has 1 aliphatic carbocycles. The molecule has 0 saturated heterocycles. The van der Waals surface area contributed by atoms with Crippen LogP contribution in [0.2, 0.25) is 0 Å². The first-order valence-electron chi connectivity index (χ1n) is 6.13. The molecule has 88 valence electrons. The van der Waals surface area contributed by atoms with E-state index in [2.05, 4.69) is 12.2 Å². The Morgan fingerprint density at radius 1 is 1.40 bits per heavy atom. The molecule has 0 spiro atoms. The predicted octanol–water partition coefficient (Wildman–Crippen LogP) is 2.41. The fourth-order valence-corrected chi connectivity index (χ4v) is 2.15. The van der Waals surface area contributed by atoms with Crippen molar-refractivity contribution >= 4 is 5.97 Å². The molecule has 0 amide bonds. The zero-order valence-electron chi connectivity index (χ0n) is 9.67. The summed E-state index contributed by atoms with van der Waals surface area (Å²) in [5.74, 6) is -0.206. The molecule has 1 unspecified atom stereocenters. The molecule has 15 heavy (non-hydrogen) atoms. The fraction of sp³-hybridized carbons (Fsp3) is 0.917. The van der Waals surface area contributed by atoms with Gasteiger partial charge in [0.2, 0.25) is 0 Å². The predicted molar refractivity (Wildman–Crippen MR) is 60.9 cm³/mol. The summed E-state index contributed by atoms with van der Waals surface area (Å²) in [7, 11) is 0. The third kappa shape index (κ3) is 5.78. The van der Waals surface area contributed by atoms with Gasteiger partial charge in [0.1, 0.15) is 0 Å². The Balaban J connectivity index is 2.04. The van der Waals surface area contributed by atoms with Gasteiger partial charge in [-0.2, -0.15) is 0 Å². The van der Waals surface area contributed by atoms with Gasteiger partial charge in [-0.05, 0) is 31.7 Å². The van der Waals surface area contributed by atoms with E-state index >= 15 is 0 Å². The lowest BCUT2D eigenvalue weighted by molar-refractivity contribution is -0.137. The number of rotatable bonds is 6. The van der Waals surface area contributed by atoms with Gasteiger partial charge in [0.25, 0.3) is 0 Å². The van der Waals surface area contributed by atoms with Crippen LogP contribution in [0.5, 0.6) is 0 Å². The number of carboxylic acid groups (broad SMARTS) is 1. The van der Waals surface area contributed by atoms with Gasteiger partial charge in [-0.3, -0.25) is 4.79 Å². The van der Waals surface area contributed by atoms with E-state index in [1.807, 2.05) is 0 Å². The summed E-state index contributed by atoms with van der Waals surface area (Å²) in [6, 6.07) is 0.686. The average molecular weight is 213 g/mol. The monoisotopic (exact) mass is 213 g/mol. The molecule has 0 radical (unpaired) electrons. The van der Waals surface area contributed by atoms with Crippen LogP contribution in [0, 0.1) is 5.92 Å². The first kappa shape index (κ1) is 12.5. The largest absolute Gasteiger partial charge is 0.481 e. The molecule has 0 aromatic heterocycles. The third-order valence-corrected chi connectivity index (χ3v) is 3.21. The van der Waals surface area contributed by atoms with Gasteiger partial charge in [0.15, 0.2) is 0 Å². The molecule has 1 aliphatic rings. The summed E-state index contributed by atoms with van der Waals surface area (Å²) in [4.78, 5) is 10.4. The van der Waals surface area contributed by atoms with Crippen LogP contribution >= 0.6 is 0 Å². The minimum Gasteiger partial charge on any atom is -0.481 e. The first-order chi connectivity index (χ1) is 7.18. The summed E-state index contributed by atoms with van der Waals surface area (Å²) in [5, 5.41) is 12.1. The van der Waals surface area contributed by atoms with Crippen molar-refractivity contribution in [2.45, 2.75) is 57.9 Å². The van der Waals surface area contributed by atoms with E-state index in [-0.39, 0.29) is 0 Å². The third-order valence-electron chi connectivity index (χ3n) is 3.21. The van der Waals surface area contributed by atoms with E-state index in [1.165, 1.54) is 32.1 Å². The molecule has 2 N–H and O–H groups in total. The molecule has 0 aromatic rings. The molecule has 0 bridgehead atoms. The quantitative estimate of drug-likeness (QED) is 0.712. The van der Waals surface area contributed by atoms with Gasteiger partial charge >= 0.3 is 5.97 Å². The maximum atomic E-state index is 10.4. The Kier molecular flexibility index (Phi) is 5.69. The first-order valence-corrected chi connectivity index (χ1v) is 6.13. The fourth-order valence-electron chi connectivity index (χ4n) is 2.15. The standard InChI is InChI=1S/C12H23NO2/c1-10(7-8-12(14)15)9-13-11-5-3-2-4-6-11/h10-11,13H,2-9H2,1H3,(H,14,15). The van der Waals surface area contributed by atoms with Crippen LogP contribution in [0.4, 0.5) is 0 Å². The molecular weight excluding hydrogens is 190 g/mol. The van der Waals surface area contributed by atoms with Gasteiger partial charge in [-0.15, -0.1) is 0 Å². The molecule has 0 heterocycles. The summed E-state index contributed by atoms with van der Waals surface area (Å²) in [5.41, 5.74) is 0. The van der Waals surface area contributed by atoms with Crippen LogP contribution in [0.25, 0.3) is 0 Å². The van der Waals surface area contributed by atoms with Gasteiger partial charge in [-0.25, -0.2) is 0 Å². The highest BCUT2D eigenvalue weighted by atomic mass is 16.4. The summed E-state index contributed by atoms with van der Waals surface area (Å²) in [6.07, 6.45) is 7.76. The highest BCUT2D eigenvalue weighted by molar-refractivity contribution is 5.66. The lowest BCUT2D eigenvalue weighted by Gasteiger charge is -2.24. The second-order valence-corrected chi connectivity index (χ2v) is 4.78. The van der Waals surface area contributed by atoms with E-state index in [4.69, 9.17) is 5.11 Å².